The van der Waals surface area contributed by atoms with Gasteiger partial charge in [-0.25, -0.2) is 0 Å². The van der Waals surface area contributed by atoms with Crippen LogP contribution in [0.4, 0.5) is 0 Å². The molecule has 0 N–H and O–H groups in total. The number of hydrogen-bond donors (Lipinski definition) is 0. The average Bonchev–Trinajstić information content (AvgIpc) is 2.67. The molecule has 0 saturated carbocycles. The zero-order valence-corrected chi connectivity index (χ0v) is 17.3. The minimum absolute atomic E-state index is 1.08. The summed E-state index contributed by atoms with van der Waals surface area (Å²) in [6.45, 7) is 6.53. The lowest BCUT2D eigenvalue weighted by molar-refractivity contribution is 0.434. The SMILES string of the molecule is C1=CC2=CCc3cccc4ccc(c2c34)C1.CCN(C)C.CCN(C)C. The molecule has 2 aliphatic carbocycles. The third-order valence-corrected chi connectivity index (χ3v) is 4.95. The number of hydrogen-bond acceptors (Lipinski definition) is 2. The van der Waals surface area contributed by atoms with Gasteiger partial charge in [0.2, 0.25) is 0 Å². The van der Waals surface area contributed by atoms with Crippen molar-refractivity contribution in [1.82, 2.24) is 9.80 Å². The minimum Gasteiger partial charge on any atom is -0.310 e. The van der Waals surface area contributed by atoms with Gasteiger partial charge in [-0.1, -0.05) is 62.4 Å². The highest BCUT2D eigenvalue weighted by Crippen LogP contribution is 2.38. The highest BCUT2D eigenvalue weighted by molar-refractivity contribution is 6.02. The molecule has 0 spiro atoms. The van der Waals surface area contributed by atoms with Gasteiger partial charge in [0.05, 0.1) is 0 Å². The molecule has 0 amide bonds. The van der Waals surface area contributed by atoms with Crippen LogP contribution < -0.4 is 0 Å². The molecule has 26 heavy (non-hydrogen) atoms. The van der Waals surface area contributed by atoms with Gasteiger partial charge in [0.1, 0.15) is 0 Å². The fourth-order valence-corrected chi connectivity index (χ4v) is 2.95. The van der Waals surface area contributed by atoms with Gasteiger partial charge in [-0.05, 0) is 87.2 Å². The van der Waals surface area contributed by atoms with Gasteiger partial charge in [0.15, 0.2) is 0 Å². The molecule has 4 rings (SSSR count). The Hall–Kier alpha value is -1.90. The first kappa shape index (κ1) is 20.4. The van der Waals surface area contributed by atoms with Crippen LogP contribution >= 0.6 is 0 Å². The summed E-state index contributed by atoms with van der Waals surface area (Å²) in [7, 11) is 8.22. The minimum atomic E-state index is 1.08. The molecule has 0 aromatic heterocycles. The lowest BCUT2D eigenvalue weighted by atomic mass is 9.82. The van der Waals surface area contributed by atoms with Crippen LogP contribution in [-0.2, 0) is 12.8 Å². The molecular formula is C24H34N2. The van der Waals surface area contributed by atoms with E-state index in [1.54, 1.807) is 0 Å². The largest absolute Gasteiger partial charge is 0.310 e. The number of benzene rings is 2. The molecule has 0 atom stereocenters. The predicted octanol–water partition coefficient (Wildman–Crippen LogP) is 5.03. The number of rotatable bonds is 2. The molecular weight excluding hydrogens is 316 g/mol. The quantitative estimate of drug-likeness (QED) is 0.750. The highest BCUT2D eigenvalue weighted by atomic mass is 15.0. The Labute approximate surface area is 159 Å². The van der Waals surface area contributed by atoms with Crippen molar-refractivity contribution in [2.24, 2.45) is 0 Å². The third kappa shape index (κ3) is 5.06. The molecule has 2 aromatic rings. The molecule has 2 aromatic carbocycles. The van der Waals surface area contributed by atoms with Crippen molar-refractivity contribution in [3.8, 4) is 0 Å². The summed E-state index contributed by atoms with van der Waals surface area (Å²) in [6, 6.07) is 11.2. The summed E-state index contributed by atoms with van der Waals surface area (Å²) in [6.07, 6.45) is 9.06. The van der Waals surface area contributed by atoms with Gasteiger partial charge in [0, 0.05) is 0 Å². The van der Waals surface area contributed by atoms with E-state index < -0.39 is 0 Å². The zero-order valence-electron chi connectivity index (χ0n) is 17.3. The Balaban J connectivity index is 0.000000205. The standard InChI is InChI=1S/C16H12.2C4H11N/c1-3-11-7-9-13-5-2-6-14-10-8-12(4-1)15(11)16(13)14;2*1-4-5(2)3/h1-5,8-10H,6-7H2;2*4H2,1-3H3. The fourth-order valence-electron chi connectivity index (χ4n) is 2.95. The maximum Gasteiger partial charge on any atom is -0.00533 e. The fraction of sp³-hybridized carbons (Fsp3) is 0.417. The Kier molecular flexibility index (Phi) is 7.62. The maximum atomic E-state index is 2.36. The molecule has 2 heteroatoms. The molecule has 0 radical (unpaired) electrons. The zero-order chi connectivity index (χ0) is 19.1. The lowest BCUT2D eigenvalue weighted by Gasteiger charge is -2.22. The van der Waals surface area contributed by atoms with E-state index in [2.05, 4.69) is 100 Å². The summed E-state index contributed by atoms with van der Waals surface area (Å²) in [5.74, 6) is 0. The Morgan fingerprint density at radius 2 is 1.46 bits per heavy atom. The van der Waals surface area contributed by atoms with Crippen LogP contribution in [0.15, 0.2) is 48.6 Å². The van der Waals surface area contributed by atoms with Gasteiger partial charge in [-0.3, -0.25) is 0 Å². The van der Waals surface area contributed by atoms with Crippen molar-refractivity contribution in [1.29, 1.82) is 0 Å². The van der Waals surface area contributed by atoms with Gasteiger partial charge in [-0.2, -0.15) is 0 Å². The van der Waals surface area contributed by atoms with E-state index in [1.165, 1.54) is 33.0 Å². The van der Waals surface area contributed by atoms with Crippen molar-refractivity contribution < 1.29 is 0 Å². The van der Waals surface area contributed by atoms with Crippen LogP contribution in [0.3, 0.4) is 0 Å². The van der Waals surface area contributed by atoms with Crippen molar-refractivity contribution >= 4 is 16.3 Å². The molecule has 0 aliphatic heterocycles. The van der Waals surface area contributed by atoms with Crippen molar-refractivity contribution in [3.63, 3.8) is 0 Å². The van der Waals surface area contributed by atoms with Gasteiger partial charge in [-0.15, -0.1) is 0 Å². The van der Waals surface area contributed by atoms with E-state index in [9.17, 15) is 0 Å². The molecule has 0 bridgehead atoms. The van der Waals surface area contributed by atoms with Crippen LogP contribution in [-0.4, -0.2) is 51.1 Å². The average molecular weight is 351 g/mol. The van der Waals surface area contributed by atoms with E-state index in [-0.39, 0.29) is 0 Å². The van der Waals surface area contributed by atoms with Crippen LogP contribution in [0.1, 0.15) is 30.5 Å². The normalized spacial score (nSPS) is 13.8. The molecule has 0 saturated heterocycles. The van der Waals surface area contributed by atoms with Gasteiger partial charge < -0.3 is 9.80 Å². The summed E-state index contributed by atoms with van der Waals surface area (Å²) in [5, 5.41) is 2.87. The second-order valence-electron chi connectivity index (χ2n) is 7.38. The second kappa shape index (κ2) is 9.70. The molecule has 2 nitrogen and oxygen atoms in total. The van der Waals surface area contributed by atoms with E-state index >= 15 is 0 Å². The topological polar surface area (TPSA) is 6.48 Å². The van der Waals surface area contributed by atoms with Crippen molar-refractivity contribution in [3.05, 3.63) is 65.3 Å². The molecule has 0 unspecified atom stereocenters. The number of allylic oxidation sites excluding steroid dienone is 4. The first-order valence-corrected chi connectivity index (χ1v) is 9.67. The van der Waals surface area contributed by atoms with E-state index in [0.29, 0.717) is 0 Å². The maximum absolute atomic E-state index is 2.36. The van der Waals surface area contributed by atoms with Gasteiger partial charge >= 0.3 is 0 Å². The Morgan fingerprint density at radius 3 is 2.08 bits per heavy atom. The van der Waals surface area contributed by atoms with Crippen molar-refractivity contribution in [2.45, 2.75) is 26.7 Å². The van der Waals surface area contributed by atoms with E-state index in [0.717, 1.165) is 25.9 Å². The van der Waals surface area contributed by atoms with Gasteiger partial charge in [0.25, 0.3) is 0 Å². The Morgan fingerprint density at radius 1 is 0.808 bits per heavy atom. The van der Waals surface area contributed by atoms with Crippen LogP contribution in [0.5, 0.6) is 0 Å². The first-order valence-electron chi connectivity index (χ1n) is 9.67. The van der Waals surface area contributed by atoms with Crippen LogP contribution in [0.25, 0.3) is 16.3 Å². The van der Waals surface area contributed by atoms with Crippen LogP contribution in [0.2, 0.25) is 0 Å². The molecule has 2 aliphatic rings. The van der Waals surface area contributed by atoms with E-state index in [1.807, 2.05) is 0 Å². The summed E-state index contributed by atoms with van der Waals surface area (Å²) >= 11 is 0. The predicted molar refractivity (Wildman–Crippen MR) is 117 cm³/mol. The summed E-state index contributed by atoms with van der Waals surface area (Å²) < 4.78 is 0. The first-order chi connectivity index (χ1) is 12.5. The lowest BCUT2D eigenvalue weighted by Crippen LogP contribution is -2.08. The van der Waals surface area contributed by atoms with E-state index in [4.69, 9.17) is 0 Å². The smallest absolute Gasteiger partial charge is 0.00533 e. The second-order valence-corrected chi connectivity index (χ2v) is 7.38. The van der Waals surface area contributed by atoms with Crippen molar-refractivity contribution in [2.75, 3.05) is 41.3 Å². The molecule has 140 valence electrons. The summed E-state index contributed by atoms with van der Waals surface area (Å²) in [5.41, 5.74) is 5.87. The third-order valence-electron chi connectivity index (χ3n) is 4.95. The highest BCUT2D eigenvalue weighted by Gasteiger charge is 2.18. The number of nitrogens with zero attached hydrogens (tertiary/aromatic N) is 2. The summed E-state index contributed by atoms with van der Waals surface area (Å²) in [4.78, 5) is 4.25. The van der Waals surface area contributed by atoms with Crippen LogP contribution in [0, 0.1) is 0 Å². The molecule has 0 heterocycles. The Bertz CT molecular complexity index is 774. The monoisotopic (exact) mass is 350 g/mol. The molecule has 0 fully saturated rings.